The molecule has 0 aliphatic rings. The van der Waals surface area contributed by atoms with Crippen LogP contribution < -0.4 is 0 Å². The maximum atomic E-state index is 10.4. The van der Waals surface area contributed by atoms with Gasteiger partial charge >= 0.3 is 5.97 Å². The van der Waals surface area contributed by atoms with Crippen LogP contribution in [0.2, 0.25) is 0 Å². The van der Waals surface area contributed by atoms with Crippen LogP contribution in [-0.2, 0) is 4.79 Å². The molecule has 5 nitrogen and oxygen atoms in total. The number of rotatable bonds is 5. The molecule has 2 aromatic rings. The molecule has 0 amide bonds. The van der Waals surface area contributed by atoms with E-state index in [9.17, 15) is 4.79 Å². The van der Waals surface area contributed by atoms with Gasteiger partial charge in [-0.1, -0.05) is 23.9 Å². The van der Waals surface area contributed by atoms with E-state index in [-0.39, 0.29) is 11.0 Å². The van der Waals surface area contributed by atoms with Crippen molar-refractivity contribution in [3.05, 3.63) is 24.3 Å². The third-order valence-corrected chi connectivity index (χ3v) is 3.66. The lowest BCUT2D eigenvalue weighted by molar-refractivity contribution is -0.133. The van der Waals surface area contributed by atoms with Crippen molar-refractivity contribution >= 4 is 29.5 Å². The Balaban J connectivity index is 2.21. The molecule has 0 fully saturated rings. The highest BCUT2D eigenvalue weighted by molar-refractivity contribution is 7.99. The minimum Gasteiger partial charge on any atom is -0.481 e. The molecule has 1 aromatic carbocycles. The van der Waals surface area contributed by atoms with Gasteiger partial charge in [0.15, 0.2) is 0 Å². The number of nitrogens with zero attached hydrogens (tertiary/aromatic N) is 2. The minimum atomic E-state index is -0.913. The van der Waals surface area contributed by atoms with Crippen molar-refractivity contribution < 1.29 is 14.3 Å². The van der Waals surface area contributed by atoms with Crippen molar-refractivity contribution in [2.75, 3.05) is 12.0 Å². The summed E-state index contributed by atoms with van der Waals surface area (Å²) in [7, 11) is 0. The van der Waals surface area contributed by atoms with Crippen LogP contribution in [0.25, 0.3) is 11.5 Å². The van der Waals surface area contributed by atoms with Gasteiger partial charge in [0.2, 0.25) is 5.89 Å². The Hall–Kier alpha value is -1.47. The maximum absolute atomic E-state index is 10.4. The molecule has 0 saturated heterocycles. The third kappa shape index (κ3) is 3.05. The molecule has 0 atom stereocenters. The van der Waals surface area contributed by atoms with Crippen molar-refractivity contribution in [2.24, 2.45) is 0 Å². The van der Waals surface area contributed by atoms with Gasteiger partial charge in [0.05, 0.1) is 5.56 Å². The molecule has 0 aliphatic carbocycles. The predicted molar refractivity (Wildman–Crippen MR) is 69.9 cm³/mol. The normalized spacial score (nSPS) is 10.5. The number of thioether (sulfide) groups is 2. The summed E-state index contributed by atoms with van der Waals surface area (Å²) in [6.07, 6.45) is 1.97. The summed E-state index contributed by atoms with van der Waals surface area (Å²) >= 11 is 2.60. The summed E-state index contributed by atoms with van der Waals surface area (Å²) in [6.45, 7) is 0. The number of carbonyl (C=O) groups is 1. The van der Waals surface area contributed by atoms with E-state index in [4.69, 9.17) is 9.52 Å². The zero-order valence-corrected chi connectivity index (χ0v) is 11.1. The number of carboxylic acids is 1. The van der Waals surface area contributed by atoms with Crippen LogP contribution in [0.1, 0.15) is 0 Å². The number of benzene rings is 1. The first-order valence-electron chi connectivity index (χ1n) is 5.02. The van der Waals surface area contributed by atoms with Crippen LogP contribution in [0.3, 0.4) is 0 Å². The molecule has 18 heavy (non-hydrogen) atoms. The maximum Gasteiger partial charge on any atom is 0.314 e. The highest BCUT2D eigenvalue weighted by atomic mass is 32.2. The van der Waals surface area contributed by atoms with E-state index in [1.54, 1.807) is 11.8 Å². The molecule has 0 saturated carbocycles. The Morgan fingerprint density at radius 1 is 1.39 bits per heavy atom. The highest BCUT2D eigenvalue weighted by Gasteiger charge is 2.13. The van der Waals surface area contributed by atoms with Crippen molar-refractivity contribution in [1.29, 1.82) is 0 Å². The average molecular weight is 282 g/mol. The zero-order valence-electron chi connectivity index (χ0n) is 9.49. The summed E-state index contributed by atoms with van der Waals surface area (Å²) < 4.78 is 5.43. The van der Waals surface area contributed by atoms with E-state index in [1.165, 1.54) is 0 Å². The molecule has 7 heteroatoms. The quantitative estimate of drug-likeness (QED) is 0.845. The van der Waals surface area contributed by atoms with Crippen LogP contribution in [0.5, 0.6) is 0 Å². The van der Waals surface area contributed by atoms with Gasteiger partial charge in [0.25, 0.3) is 5.22 Å². The molecular weight excluding hydrogens is 272 g/mol. The number of aliphatic carboxylic acids is 1. The van der Waals surface area contributed by atoms with Gasteiger partial charge in [-0.25, -0.2) is 0 Å². The van der Waals surface area contributed by atoms with Gasteiger partial charge in [-0.2, -0.15) is 0 Å². The van der Waals surface area contributed by atoms with Crippen molar-refractivity contribution in [1.82, 2.24) is 10.2 Å². The second-order valence-corrected chi connectivity index (χ2v) is 5.03. The highest BCUT2D eigenvalue weighted by Crippen LogP contribution is 2.30. The lowest BCUT2D eigenvalue weighted by atomic mass is 10.2. The van der Waals surface area contributed by atoms with Gasteiger partial charge in [-0.15, -0.1) is 22.0 Å². The van der Waals surface area contributed by atoms with Gasteiger partial charge in [-0.3, -0.25) is 4.79 Å². The summed E-state index contributed by atoms with van der Waals surface area (Å²) in [5.74, 6) is -0.594. The fraction of sp³-hybridized carbons (Fsp3) is 0.182. The van der Waals surface area contributed by atoms with E-state index in [1.807, 2.05) is 30.5 Å². The molecule has 0 aliphatic heterocycles. The Labute approximate surface area is 112 Å². The number of hydrogen-bond acceptors (Lipinski definition) is 6. The minimum absolute atomic E-state index is 0.0915. The fourth-order valence-electron chi connectivity index (χ4n) is 1.32. The van der Waals surface area contributed by atoms with Crippen molar-refractivity contribution in [2.45, 2.75) is 10.1 Å². The predicted octanol–water partition coefficient (Wildman–Crippen LogP) is 2.64. The third-order valence-electron chi connectivity index (χ3n) is 2.06. The monoisotopic (exact) mass is 282 g/mol. The average Bonchev–Trinajstić information content (AvgIpc) is 2.85. The Morgan fingerprint density at radius 3 is 2.89 bits per heavy atom. The molecule has 94 valence electrons. The molecule has 1 heterocycles. The number of aromatic nitrogens is 2. The van der Waals surface area contributed by atoms with Crippen LogP contribution in [0, 0.1) is 0 Å². The molecular formula is C11H10N2O3S2. The second kappa shape index (κ2) is 5.92. The second-order valence-electron chi connectivity index (χ2n) is 3.26. The van der Waals surface area contributed by atoms with Crippen LogP contribution in [0.15, 0.2) is 38.8 Å². The van der Waals surface area contributed by atoms with E-state index < -0.39 is 5.97 Å². The molecule has 1 aromatic heterocycles. The van der Waals surface area contributed by atoms with Crippen molar-refractivity contribution in [3.63, 3.8) is 0 Å². The SMILES string of the molecule is CSc1ccccc1-c1nnc(SCC(=O)O)o1. The molecule has 0 bridgehead atoms. The van der Waals surface area contributed by atoms with E-state index in [2.05, 4.69) is 10.2 Å². The van der Waals surface area contributed by atoms with Crippen LogP contribution in [-0.4, -0.2) is 33.3 Å². The van der Waals surface area contributed by atoms with E-state index >= 15 is 0 Å². The number of hydrogen-bond donors (Lipinski definition) is 1. The Kier molecular flexibility index (Phi) is 4.27. The zero-order chi connectivity index (χ0) is 13.0. The van der Waals surface area contributed by atoms with Crippen LogP contribution >= 0.6 is 23.5 Å². The smallest absolute Gasteiger partial charge is 0.314 e. The molecule has 0 spiro atoms. The molecule has 1 N–H and O–H groups in total. The lowest BCUT2D eigenvalue weighted by Gasteiger charge is -2.01. The van der Waals surface area contributed by atoms with E-state index in [0.717, 1.165) is 22.2 Å². The first-order chi connectivity index (χ1) is 8.70. The number of carboxylic acid groups (broad SMARTS) is 1. The summed E-state index contributed by atoms with van der Waals surface area (Å²) in [5.41, 5.74) is 0.861. The topological polar surface area (TPSA) is 76.2 Å². The first kappa shape index (κ1) is 13.0. The largest absolute Gasteiger partial charge is 0.481 e. The first-order valence-corrected chi connectivity index (χ1v) is 7.23. The van der Waals surface area contributed by atoms with Gasteiger partial charge < -0.3 is 9.52 Å². The standard InChI is InChI=1S/C11H10N2O3S2/c1-17-8-5-3-2-4-7(8)10-12-13-11(16-10)18-6-9(14)15/h2-5H,6H2,1H3,(H,14,15). The van der Waals surface area contributed by atoms with Crippen LogP contribution in [0.4, 0.5) is 0 Å². The fourth-order valence-corrected chi connectivity index (χ4v) is 2.40. The van der Waals surface area contributed by atoms with Crippen molar-refractivity contribution in [3.8, 4) is 11.5 Å². The lowest BCUT2D eigenvalue weighted by Crippen LogP contribution is -1.97. The molecule has 0 unspecified atom stereocenters. The van der Waals surface area contributed by atoms with E-state index in [0.29, 0.717) is 5.89 Å². The molecule has 2 rings (SSSR count). The Morgan fingerprint density at radius 2 is 2.17 bits per heavy atom. The molecule has 0 radical (unpaired) electrons. The van der Waals surface area contributed by atoms with Gasteiger partial charge in [-0.05, 0) is 18.4 Å². The van der Waals surface area contributed by atoms with Gasteiger partial charge in [0.1, 0.15) is 5.75 Å². The van der Waals surface area contributed by atoms with Gasteiger partial charge in [0, 0.05) is 4.90 Å². The Bertz CT molecular complexity index is 557. The summed E-state index contributed by atoms with van der Waals surface area (Å²) in [6, 6.07) is 7.69. The summed E-state index contributed by atoms with van der Waals surface area (Å²) in [4.78, 5) is 11.5. The summed E-state index contributed by atoms with van der Waals surface area (Å²) in [5, 5.41) is 16.6.